The lowest BCUT2D eigenvalue weighted by Crippen LogP contribution is -1.78. The van der Waals surface area contributed by atoms with Gasteiger partial charge < -0.3 is 4.98 Å². The van der Waals surface area contributed by atoms with E-state index in [9.17, 15) is 0 Å². The van der Waals surface area contributed by atoms with E-state index in [1.165, 1.54) is 0 Å². The van der Waals surface area contributed by atoms with Gasteiger partial charge in [-0.1, -0.05) is 17.7 Å². The highest BCUT2D eigenvalue weighted by Crippen LogP contribution is 2.33. The van der Waals surface area contributed by atoms with Crippen LogP contribution in [0.3, 0.4) is 0 Å². The number of fused-ring (bicyclic) bond motifs is 1. The number of nitrogens with one attached hydrogen (secondary N) is 1. The van der Waals surface area contributed by atoms with Crippen LogP contribution in [0.25, 0.3) is 22.0 Å². The highest BCUT2D eigenvalue weighted by atomic mass is 127. The van der Waals surface area contributed by atoms with Crippen molar-refractivity contribution in [2.45, 2.75) is 0 Å². The summed E-state index contributed by atoms with van der Waals surface area (Å²) in [5.41, 5.74) is 3.26. The average Bonchev–Trinajstić information content (AvgIpc) is 2.98. The van der Waals surface area contributed by atoms with Crippen molar-refractivity contribution >= 4 is 50.9 Å². The fourth-order valence-corrected chi connectivity index (χ4v) is 3.18. The molecule has 1 unspecified atom stereocenters. The Balaban J connectivity index is 2.23. The maximum atomic E-state index is 6.14. The van der Waals surface area contributed by atoms with Crippen molar-refractivity contribution in [2.75, 3.05) is 0 Å². The number of hydrogen-bond donors (Lipinski definition) is 1. The summed E-state index contributed by atoms with van der Waals surface area (Å²) in [6.07, 6.45) is 6.47. The summed E-state index contributed by atoms with van der Waals surface area (Å²) in [4.78, 5) is 3.16. The molecule has 0 amide bonds. The van der Waals surface area contributed by atoms with Gasteiger partial charge in [0, 0.05) is 23.3 Å². The highest BCUT2D eigenvalue weighted by molar-refractivity contribution is 14.2. The molecular formula is C11H8ClIN3P. The molecule has 17 heavy (non-hydrogen) atoms. The van der Waals surface area contributed by atoms with Crippen LogP contribution in [0.2, 0.25) is 5.02 Å². The summed E-state index contributed by atoms with van der Waals surface area (Å²) in [6.45, 7) is 0. The topological polar surface area (TPSA) is 33.6 Å². The molecule has 0 aliphatic carbocycles. The summed E-state index contributed by atoms with van der Waals surface area (Å²) in [5.74, 6) is 0. The van der Waals surface area contributed by atoms with Crippen molar-refractivity contribution in [1.82, 2.24) is 14.5 Å². The molecule has 0 saturated carbocycles. The summed E-state index contributed by atoms with van der Waals surface area (Å²) in [6, 6.07) is 6.00. The summed E-state index contributed by atoms with van der Waals surface area (Å²) in [5, 5.41) is 6.18. The van der Waals surface area contributed by atoms with Gasteiger partial charge in [-0.2, -0.15) is 5.10 Å². The van der Waals surface area contributed by atoms with Crippen molar-refractivity contribution in [1.29, 1.82) is 0 Å². The van der Waals surface area contributed by atoms with E-state index in [2.05, 4.69) is 38.3 Å². The van der Waals surface area contributed by atoms with E-state index < -0.39 is 0 Å². The Morgan fingerprint density at radius 1 is 1.35 bits per heavy atom. The van der Waals surface area contributed by atoms with Gasteiger partial charge >= 0.3 is 0 Å². The standard InChI is InChI=1S/C11H8ClIN3P/c12-10-2-1-8(9-3-4-14-11(9)10)7-5-15-16(6-7)17-13/h1-6,14,17H. The van der Waals surface area contributed by atoms with Crippen LogP contribution in [-0.2, 0) is 0 Å². The Kier molecular flexibility index (Phi) is 3.11. The Hall–Kier alpha value is -0.580. The fourth-order valence-electron chi connectivity index (χ4n) is 1.88. The van der Waals surface area contributed by atoms with Gasteiger partial charge in [-0.3, -0.25) is 0 Å². The first kappa shape index (κ1) is 11.5. The number of halogens is 2. The number of aromatic nitrogens is 3. The molecular weight excluding hydrogens is 367 g/mol. The molecule has 1 N–H and O–H groups in total. The zero-order valence-electron chi connectivity index (χ0n) is 8.61. The molecule has 0 bridgehead atoms. The molecule has 2 aromatic heterocycles. The lowest BCUT2D eigenvalue weighted by atomic mass is 10.1. The first-order valence-corrected chi connectivity index (χ1v) is 9.41. The maximum absolute atomic E-state index is 6.14. The normalized spacial score (nSPS) is 11.9. The summed E-state index contributed by atoms with van der Waals surface area (Å²) >= 11 is 8.45. The molecule has 2 heterocycles. The van der Waals surface area contributed by atoms with Gasteiger partial charge in [-0.25, -0.2) is 4.45 Å². The molecule has 0 fully saturated rings. The molecule has 6 heteroatoms. The quantitative estimate of drug-likeness (QED) is 0.520. The van der Waals surface area contributed by atoms with Crippen molar-refractivity contribution in [2.24, 2.45) is 0 Å². The smallest absolute Gasteiger partial charge is 0.0677 e. The number of nitrogens with zero attached hydrogens (tertiary/aromatic N) is 2. The third-order valence-electron chi connectivity index (χ3n) is 2.65. The molecule has 86 valence electrons. The second-order valence-electron chi connectivity index (χ2n) is 3.62. The number of hydrogen-bond acceptors (Lipinski definition) is 1. The van der Waals surface area contributed by atoms with Crippen LogP contribution in [0.1, 0.15) is 0 Å². The van der Waals surface area contributed by atoms with E-state index in [0.29, 0.717) is 6.37 Å². The number of aromatic amines is 1. The van der Waals surface area contributed by atoms with Crippen LogP contribution in [0.4, 0.5) is 0 Å². The molecule has 3 rings (SSSR count). The monoisotopic (exact) mass is 375 g/mol. The van der Waals surface area contributed by atoms with Crippen LogP contribution in [-0.4, -0.2) is 14.5 Å². The highest BCUT2D eigenvalue weighted by Gasteiger charge is 2.09. The molecule has 1 atom stereocenters. The van der Waals surface area contributed by atoms with E-state index in [-0.39, 0.29) is 0 Å². The SMILES string of the molecule is Clc1ccc(-c2cnn(PI)c2)c2cc[nH]c12. The largest absolute Gasteiger partial charge is 0.360 e. The van der Waals surface area contributed by atoms with Gasteiger partial charge in [-0.15, -0.1) is 0 Å². The van der Waals surface area contributed by atoms with Crippen LogP contribution >= 0.6 is 40.0 Å². The first-order chi connectivity index (χ1) is 8.29. The van der Waals surface area contributed by atoms with Gasteiger partial charge in [0.1, 0.15) is 0 Å². The Labute approximate surface area is 118 Å². The predicted molar refractivity (Wildman–Crippen MR) is 82.3 cm³/mol. The minimum atomic E-state index is 0.620. The molecule has 0 spiro atoms. The zero-order chi connectivity index (χ0) is 11.8. The molecule has 0 aliphatic rings. The number of rotatable bonds is 2. The fraction of sp³-hybridized carbons (Fsp3) is 0. The van der Waals surface area contributed by atoms with Gasteiger partial charge in [0.25, 0.3) is 0 Å². The Morgan fingerprint density at radius 3 is 3.00 bits per heavy atom. The van der Waals surface area contributed by atoms with Gasteiger partial charge in [0.05, 0.1) is 23.1 Å². The number of benzene rings is 1. The van der Waals surface area contributed by atoms with Crippen molar-refractivity contribution in [3.05, 3.63) is 41.8 Å². The summed E-state index contributed by atoms with van der Waals surface area (Å²) in [7, 11) is 0. The first-order valence-electron chi connectivity index (χ1n) is 4.97. The Morgan fingerprint density at radius 2 is 2.24 bits per heavy atom. The van der Waals surface area contributed by atoms with E-state index in [1.54, 1.807) is 0 Å². The average molecular weight is 376 g/mol. The zero-order valence-corrected chi connectivity index (χ0v) is 12.5. The van der Waals surface area contributed by atoms with E-state index in [4.69, 9.17) is 11.6 Å². The third kappa shape index (κ3) is 1.98. The maximum Gasteiger partial charge on any atom is 0.0677 e. The second kappa shape index (κ2) is 4.59. The second-order valence-corrected chi connectivity index (χ2v) is 6.10. The van der Waals surface area contributed by atoms with E-state index >= 15 is 0 Å². The van der Waals surface area contributed by atoms with E-state index in [0.717, 1.165) is 27.1 Å². The molecule has 0 aliphatic heterocycles. The van der Waals surface area contributed by atoms with Gasteiger partial charge in [0.15, 0.2) is 0 Å². The van der Waals surface area contributed by atoms with E-state index in [1.807, 2.05) is 35.0 Å². The minimum absolute atomic E-state index is 0.620. The summed E-state index contributed by atoms with van der Waals surface area (Å²) < 4.78 is 1.93. The van der Waals surface area contributed by atoms with Crippen LogP contribution in [0, 0.1) is 0 Å². The molecule has 0 saturated heterocycles. The van der Waals surface area contributed by atoms with Crippen LogP contribution < -0.4 is 0 Å². The molecule has 1 aromatic carbocycles. The van der Waals surface area contributed by atoms with Crippen LogP contribution in [0.15, 0.2) is 36.8 Å². The third-order valence-corrected chi connectivity index (χ3v) is 4.87. The lowest BCUT2D eigenvalue weighted by molar-refractivity contribution is 1.01. The molecule has 3 nitrogen and oxygen atoms in total. The lowest BCUT2D eigenvalue weighted by Gasteiger charge is -2.01. The number of H-pyrrole nitrogens is 1. The van der Waals surface area contributed by atoms with Gasteiger partial charge in [0.2, 0.25) is 0 Å². The van der Waals surface area contributed by atoms with Crippen molar-refractivity contribution < 1.29 is 0 Å². The minimum Gasteiger partial charge on any atom is -0.360 e. The van der Waals surface area contributed by atoms with Gasteiger partial charge in [-0.05, 0) is 39.7 Å². The Bertz CT molecular complexity index is 676. The van der Waals surface area contributed by atoms with Crippen molar-refractivity contribution in [3.8, 4) is 11.1 Å². The van der Waals surface area contributed by atoms with Crippen molar-refractivity contribution in [3.63, 3.8) is 0 Å². The van der Waals surface area contributed by atoms with Crippen LogP contribution in [0.5, 0.6) is 0 Å². The predicted octanol–water partition coefficient (Wildman–Crippen LogP) is 4.48. The molecule has 3 aromatic rings. The molecule has 0 radical (unpaired) electrons.